The number of carbonyl (C=O) groups is 1. The molecule has 0 aliphatic carbocycles. The fourth-order valence-corrected chi connectivity index (χ4v) is 2.58. The lowest BCUT2D eigenvalue weighted by atomic mass is 9.99. The van der Waals surface area contributed by atoms with Crippen molar-refractivity contribution in [1.82, 2.24) is 19.9 Å². The van der Waals surface area contributed by atoms with Gasteiger partial charge in [0.05, 0.1) is 5.56 Å². The van der Waals surface area contributed by atoms with Gasteiger partial charge in [-0.05, 0) is 29.7 Å². The maximum Gasteiger partial charge on any atom is 0.252 e. The lowest BCUT2D eigenvalue weighted by Gasteiger charge is -2.16. The van der Waals surface area contributed by atoms with Crippen molar-refractivity contribution in [3.8, 4) is 0 Å². The van der Waals surface area contributed by atoms with E-state index in [1.165, 1.54) is 11.9 Å². The molecule has 0 aliphatic rings. The summed E-state index contributed by atoms with van der Waals surface area (Å²) in [6.07, 6.45) is 4.03. The molecule has 0 saturated heterocycles. The van der Waals surface area contributed by atoms with Crippen molar-refractivity contribution < 1.29 is 4.79 Å². The van der Waals surface area contributed by atoms with Crippen LogP contribution in [-0.2, 0) is 6.42 Å². The largest absolute Gasteiger partial charge is 0.350 e. The van der Waals surface area contributed by atoms with Gasteiger partial charge in [0.25, 0.3) is 5.91 Å². The number of aryl methyl sites for hydroxylation is 1. The summed E-state index contributed by atoms with van der Waals surface area (Å²) in [4.78, 5) is 16.3. The Morgan fingerprint density at radius 2 is 2.13 bits per heavy atom. The van der Waals surface area contributed by atoms with Crippen LogP contribution < -0.4 is 11.1 Å². The normalized spacial score (nSPS) is 12.3. The molecule has 3 N–H and O–H groups in total. The highest BCUT2D eigenvalue weighted by molar-refractivity contribution is 5.94. The van der Waals surface area contributed by atoms with Crippen molar-refractivity contribution in [2.75, 3.05) is 6.54 Å². The van der Waals surface area contributed by atoms with Gasteiger partial charge in [0.2, 0.25) is 0 Å². The molecule has 1 unspecified atom stereocenters. The number of aromatic nitrogens is 3. The molecule has 3 rings (SSSR count). The van der Waals surface area contributed by atoms with Gasteiger partial charge in [0.1, 0.15) is 6.33 Å². The molecule has 0 radical (unpaired) electrons. The summed E-state index contributed by atoms with van der Waals surface area (Å²) < 4.78 is 1.57. The third kappa shape index (κ3) is 3.22. The molecule has 1 aromatic carbocycles. The molecule has 3 aromatic rings. The van der Waals surface area contributed by atoms with Crippen molar-refractivity contribution in [2.24, 2.45) is 5.73 Å². The highest BCUT2D eigenvalue weighted by Crippen LogP contribution is 2.16. The summed E-state index contributed by atoms with van der Waals surface area (Å²) in [5, 5.41) is 6.91. The predicted molar refractivity (Wildman–Crippen MR) is 88.1 cm³/mol. The third-order valence-corrected chi connectivity index (χ3v) is 3.85. The first-order chi connectivity index (χ1) is 11.2. The van der Waals surface area contributed by atoms with E-state index in [1.807, 2.05) is 18.2 Å². The molecule has 0 fully saturated rings. The van der Waals surface area contributed by atoms with Crippen LogP contribution >= 0.6 is 0 Å². The van der Waals surface area contributed by atoms with Crippen molar-refractivity contribution in [3.63, 3.8) is 0 Å². The van der Waals surface area contributed by atoms with E-state index in [2.05, 4.69) is 28.4 Å². The van der Waals surface area contributed by atoms with E-state index in [0.717, 1.165) is 12.0 Å². The van der Waals surface area contributed by atoms with Crippen LogP contribution in [0.1, 0.15) is 34.5 Å². The van der Waals surface area contributed by atoms with E-state index in [4.69, 9.17) is 5.73 Å². The van der Waals surface area contributed by atoms with Crippen LogP contribution in [0, 0.1) is 0 Å². The maximum absolute atomic E-state index is 12.3. The Labute approximate surface area is 134 Å². The van der Waals surface area contributed by atoms with Gasteiger partial charge < -0.3 is 11.1 Å². The number of rotatable bonds is 5. The first kappa shape index (κ1) is 15.2. The number of amides is 1. The first-order valence-corrected chi connectivity index (χ1v) is 7.60. The molecule has 118 valence electrons. The van der Waals surface area contributed by atoms with Gasteiger partial charge in [-0.1, -0.05) is 31.2 Å². The summed E-state index contributed by atoms with van der Waals surface area (Å²) in [7, 11) is 0. The molecule has 1 amide bonds. The molecule has 0 saturated carbocycles. The maximum atomic E-state index is 12.3. The molecule has 2 heterocycles. The molecule has 23 heavy (non-hydrogen) atoms. The second-order valence-electron chi connectivity index (χ2n) is 5.35. The first-order valence-electron chi connectivity index (χ1n) is 7.60. The molecule has 2 aromatic heterocycles. The van der Waals surface area contributed by atoms with Gasteiger partial charge in [-0.3, -0.25) is 4.79 Å². The Morgan fingerprint density at radius 1 is 1.30 bits per heavy atom. The zero-order valence-corrected chi connectivity index (χ0v) is 12.9. The third-order valence-electron chi connectivity index (χ3n) is 3.85. The quantitative estimate of drug-likeness (QED) is 0.751. The lowest BCUT2D eigenvalue weighted by Crippen LogP contribution is -2.32. The fourth-order valence-electron chi connectivity index (χ4n) is 2.58. The highest BCUT2D eigenvalue weighted by Gasteiger charge is 2.13. The minimum Gasteiger partial charge on any atom is -0.350 e. The number of nitrogens with two attached hydrogens (primary N) is 1. The number of fused-ring (bicyclic) bond motifs is 1. The zero-order chi connectivity index (χ0) is 16.2. The van der Waals surface area contributed by atoms with Crippen molar-refractivity contribution >= 4 is 11.6 Å². The highest BCUT2D eigenvalue weighted by atomic mass is 16.1. The summed E-state index contributed by atoms with van der Waals surface area (Å²) in [5.41, 5.74) is 9.74. The number of pyridine rings is 1. The standard InChI is InChI=1S/C17H19N5O/c1-2-12-5-3-4-6-14(12)15(18)9-19-17(23)13-7-8-16-20-11-21-22(16)10-13/h3-8,10-11,15H,2,9,18H2,1H3,(H,19,23). The molecular weight excluding hydrogens is 290 g/mol. The van der Waals surface area contributed by atoms with Gasteiger partial charge in [0, 0.05) is 18.8 Å². The van der Waals surface area contributed by atoms with E-state index in [1.54, 1.807) is 22.8 Å². The second kappa shape index (κ2) is 6.58. The molecule has 0 aliphatic heterocycles. The van der Waals surface area contributed by atoms with Crippen LogP contribution in [0.2, 0.25) is 0 Å². The van der Waals surface area contributed by atoms with Crippen molar-refractivity contribution in [3.05, 3.63) is 65.6 Å². The average molecular weight is 309 g/mol. The lowest BCUT2D eigenvalue weighted by molar-refractivity contribution is 0.0950. The van der Waals surface area contributed by atoms with Crippen LogP contribution in [-0.4, -0.2) is 27.0 Å². The van der Waals surface area contributed by atoms with E-state index < -0.39 is 0 Å². The number of nitrogens with zero attached hydrogens (tertiary/aromatic N) is 3. The van der Waals surface area contributed by atoms with E-state index >= 15 is 0 Å². The minimum atomic E-state index is -0.231. The second-order valence-corrected chi connectivity index (χ2v) is 5.35. The SMILES string of the molecule is CCc1ccccc1C(N)CNC(=O)c1ccc2ncnn2c1. The Hall–Kier alpha value is -2.73. The number of carbonyl (C=O) groups excluding carboxylic acids is 1. The minimum absolute atomic E-state index is 0.174. The van der Waals surface area contributed by atoms with Crippen LogP contribution in [0.3, 0.4) is 0 Å². The van der Waals surface area contributed by atoms with E-state index in [0.29, 0.717) is 17.8 Å². The summed E-state index contributed by atoms with van der Waals surface area (Å²) >= 11 is 0. The van der Waals surface area contributed by atoms with Crippen LogP contribution in [0.5, 0.6) is 0 Å². The van der Waals surface area contributed by atoms with Crippen LogP contribution in [0.4, 0.5) is 0 Å². The van der Waals surface area contributed by atoms with Gasteiger partial charge in [-0.25, -0.2) is 9.50 Å². The Balaban J connectivity index is 1.68. The molecule has 0 bridgehead atoms. The van der Waals surface area contributed by atoms with Gasteiger partial charge in [-0.2, -0.15) is 5.10 Å². The van der Waals surface area contributed by atoms with E-state index in [-0.39, 0.29) is 11.9 Å². The summed E-state index contributed by atoms with van der Waals surface area (Å²) in [5.74, 6) is -0.174. The van der Waals surface area contributed by atoms with Crippen molar-refractivity contribution in [2.45, 2.75) is 19.4 Å². The number of hydrogen-bond donors (Lipinski definition) is 2. The fraction of sp³-hybridized carbons (Fsp3) is 0.235. The smallest absolute Gasteiger partial charge is 0.252 e. The number of nitrogens with one attached hydrogen (secondary N) is 1. The van der Waals surface area contributed by atoms with E-state index in [9.17, 15) is 4.79 Å². The molecule has 0 spiro atoms. The van der Waals surface area contributed by atoms with Crippen molar-refractivity contribution in [1.29, 1.82) is 0 Å². The topological polar surface area (TPSA) is 85.3 Å². The molecule has 1 atom stereocenters. The Bertz CT molecular complexity index is 826. The van der Waals surface area contributed by atoms with Gasteiger partial charge in [-0.15, -0.1) is 0 Å². The monoisotopic (exact) mass is 309 g/mol. The number of hydrogen-bond acceptors (Lipinski definition) is 4. The Kier molecular flexibility index (Phi) is 4.34. The summed E-state index contributed by atoms with van der Waals surface area (Å²) in [6.45, 7) is 2.47. The zero-order valence-electron chi connectivity index (χ0n) is 12.9. The molecule has 6 heteroatoms. The average Bonchev–Trinajstić information content (AvgIpc) is 3.06. The molecular formula is C17H19N5O. The predicted octanol–water partition coefficient (Wildman–Crippen LogP) is 1.72. The van der Waals surface area contributed by atoms with Crippen LogP contribution in [0.25, 0.3) is 5.65 Å². The Morgan fingerprint density at radius 3 is 2.96 bits per heavy atom. The summed E-state index contributed by atoms with van der Waals surface area (Å²) in [6, 6.07) is 11.3. The number of benzene rings is 1. The van der Waals surface area contributed by atoms with Gasteiger partial charge in [0.15, 0.2) is 5.65 Å². The van der Waals surface area contributed by atoms with Gasteiger partial charge >= 0.3 is 0 Å². The molecule has 6 nitrogen and oxygen atoms in total. The van der Waals surface area contributed by atoms with Crippen LogP contribution in [0.15, 0.2) is 48.9 Å².